The van der Waals surface area contributed by atoms with Gasteiger partial charge in [-0.05, 0) is 44.8 Å². The third kappa shape index (κ3) is 7.28. The molecular formula is C29H48O10. The maximum Gasteiger partial charge on any atom is 0.308 e. The van der Waals surface area contributed by atoms with Crippen molar-refractivity contribution in [3.63, 3.8) is 0 Å². The monoisotopic (exact) mass is 556 g/mol. The summed E-state index contributed by atoms with van der Waals surface area (Å²) < 4.78 is 23.6. The van der Waals surface area contributed by atoms with Crippen LogP contribution in [0.2, 0.25) is 0 Å². The van der Waals surface area contributed by atoms with Gasteiger partial charge in [0, 0.05) is 17.8 Å². The zero-order valence-corrected chi connectivity index (χ0v) is 24.2. The number of fused-ring (bicyclic) bond motifs is 1. The second kappa shape index (κ2) is 13.1. The van der Waals surface area contributed by atoms with Crippen molar-refractivity contribution >= 4 is 11.8 Å². The first kappa shape index (κ1) is 32.1. The molecule has 39 heavy (non-hydrogen) atoms. The number of ether oxygens (including phenoxy) is 4. The molecule has 0 spiro atoms. The van der Waals surface area contributed by atoms with Gasteiger partial charge in [0.2, 0.25) is 0 Å². The molecule has 0 unspecified atom stereocenters. The molecule has 0 aromatic carbocycles. The number of carbonyl (C=O) groups excluding carboxylic acids is 2. The van der Waals surface area contributed by atoms with E-state index in [-0.39, 0.29) is 36.1 Å². The van der Waals surface area contributed by atoms with E-state index in [1.165, 1.54) is 0 Å². The van der Waals surface area contributed by atoms with Crippen LogP contribution < -0.4 is 0 Å². The zero-order chi connectivity index (χ0) is 29.2. The average Bonchev–Trinajstić information content (AvgIpc) is 3.58. The van der Waals surface area contributed by atoms with Crippen molar-refractivity contribution in [3.8, 4) is 0 Å². The standard InChI is InChI=1S/C29H48O10/c1-8-18-12-14(3)19(30)10-11-29(7)27(39-29)16(5)21(9-2)37-22(32)13-20(31)15(4)26(18)38-28-25(35)24(34)23(33)17(6)36-28/h10-11,14-18,20-21,23-28,31,33-35H,8-9,12-13H2,1-7H3/b11-10+/t14-,15+,16-,17+,18+,20-,21-,23+,24-,25-,26-,27+,28+,29+/m1/s1. The third-order valence-electron chi connectivity index (χ3n) is 8.95. The summed E-state index contributed by atoms with van der Waals surface area (Å²) in [6.07, 6.45) is -4.19. The van der Waals surface area contributed by atoms with Crippen molar-refractivity contribution in [2.45, 2.75) is 135 Å². The number of esters is 1. The highest BCUT2D eigenvalue weighted by Crippen LogP contribution is 2.44. The van der Waals surface area contributed by atoms with Crippen LogP contribution >= 0.6 is 0 Å². The van der Waals surface area contributed by atoms with E-state index in [9.17, 15) is 30.0 Å². The number of ketones is 1. The van der Waals surface area contributed by atoms with E-state index in [0.717, 1.165) is 0 Å². The van der Waals surface area contributed by atoms with Gasteiger partial charge in [0.15, 0.2) is 12.1 Å². The summed E-state index contributed by atoms with van der Waals surface area (Å²) in [7, 11) is 0. The molecule has 0 aliphatic carbocycles. The minimum Gasteiger partial charge on any atom is -0.462 e. The Morgan fingerprint density at radius 3 is 2.26 bits per heavy atom. The SMILES string of the molecule is CC[C@H]1C[C@@H](C)C(=O)/C=C/[C@]2(C)O[C@H]2[C@H](C)[C@@H](CC)OC(=O)C[C@@H](O)[C@H](C)[C@H]1O[C@@H]1O[C@@H](C)[C@H](O)[C@@H](O)[C@H]1O. The molecule has 14 atom stereocenters. The van der Waals surface area contributed by atoms with Crippen molar-refractivity contribution in [2.24, 2.45) is 23.7 Å². The molecule has 2 fully saturated rings. The van der Waals surface area contributed by atoms with E-state index in [1.54, 1.807) is 26.0 Å². The lowest BCUT2D eigenvalue weighted by molar-refractivity contribution is -0.314. The van der Waals surface area contributed by atoms with Crippen molar-refractivity contribution < 1.29 is 49.0 Å². The highest BCUT2D eigenvalue weighted by atomic mass is 16.7. The van der Waals surface area contributed by atoms with E-state index in [0.29, 0.717) is 19.3 Å². The molecule has 0 radical (unpaired) electrons. The molecule has 4 N–H and O–H groups in total. The van der Waals surface area contributed by atoms with Crippen LogP contribution in [0, 0.1) is 23.7 Å². The first-order chi connectivity index (χ1) is 18.2. The number of hydrogen-bond donors (Lipinski definition) is 4. The number of hydrogen-bond acceptors (Lipinski definition) is 10. The fourth-order valence-corrected chi connectivity index (χ4v) is 6.01. The fraction of sp³-hybridized carbons (Fsp3) is 0.862. The number of rotatable bonds is 4. The molecule has 3 aliphatic rings. The molecule has 0 aromatic rings. The summed E-state index contributed by atoms with van der Waals surface area (Å²) in [6.45, 7) is 12.9. The van der Waals surface area contributed by atoms with Gasteiger partial charge in [-0.3, -0.25) is 9.59 Å². The fourth-order valence-electron chi connectivity index (χ4n) is 6.01. The molecule has 0 bridgehead atoms. The maximum atomic E-state index is 13.1. The summed E-state index contributed by atoms with van der Waals surface area (Å²) >= 11 is 0. The average molecular weight is 557 g/mol. The van der Waals surface area contributed by atoms with E-state index in [4.69, 9.17) is 18.9 Å². The Bertz CT molecular complexity index is 878. The number of allylic oxidation sites excluding steroid dienone is 1. The Hall–Kier alpha value is -1.40. The highest BCUT2D eigenvalue weighted by Gasteiger charge is 2.55. The summed E-state index contributed by atoms with van der Waals surface area (Å²) in [4.78, 5) is 26.0. The molecule has 3 heterocycles. The van der Waals surface area contributed by atoms with Gasteiger partial charge in [0.25, 0.3) is 0 Å². The summed E-state index contributed by atoms with van der Waals surface area (Å²) in [5.41, 5.74) is -0.619. The van der Waals surface area contributed by atoms with Crippen LogP contribution in [0.3, 0.4) is 0 Å². The van der Waals surface area contributed by atoms with E-state index in [1.807, 2.05) is 34.6 Å². The predicted molar refractivity (Wildman–Crippen MR) is 141 cm³/mol. The Balaban J connectivity index is 1.91. The van der Waals surface area contributed by atoms with Crippen LogP contribution in [-0.4, -0.2) is 92.9 Å². The Kier molecular flexibility index (Phi) is 10.8. The number of carbonyl (C=O) groups is 2. The van der Waals surface area contributed by atoms with Crippen molar-refractivity contribution in [1.82, 2.24) is 0 Å². The lowest BCUT2D eigenvalue weighted by Crippen LogP contribution is -2.59. The molecule has 10 nitrogen and oxygen atoms in total. The van der Waals surface area contributed by atoms with Gasteiger partial charge >= 0.3 is 5.97 Å². The largest absolute Gasteiger partial charge is 0.462 e. The first-order valence-corrected chi connectivity index (χ1v) is 14.4. The van der Waals surface area contributed by atoms with Crippen molar-refractivity contribution in [1.29, 1.82) is 0 Å². The van der Waals surface area contributed by atoms with Crippen LogP contribution in [0.25, 0.3) is 0 Å². The Morgan fingerprint density at radius 1 is 0.974 bits per heavy atom. The molecule has 224 valence electrons. The van der Waals surface area contributed by atoms with Gasteiger partial charge in [0.05, 0.1) is 30.8 Å². The number of aliphatic hydroxyl groups excluding tert-OH is 4. The molecule has 2 saturated heterocycles. The molecule has 3 rings (SSSR count). The van der Waals surface area contributed by atoms with Crippen LogP contribution in [0.5, 0.6) is 0 Å². The quantitative estimate of drug-likeness (QED) is 0.298. The second-order valence-corrected chi connectivity index (χ2v) is 12.0. The van der Waals surface area contributed by atoms with Crippen LogP contribution in [0.4, 0.5) is 0 Å². The summed E-state index contributed by atoms with van der Waals surface area (Å²) in [5.74, 6) is -1.95. The molecule has 0 saturated carbocycles. The molecule has 0 amide bonds. The van der Waals surface area contributed by atoms with Gasteiger partial charge in [-0.1, -0.05) is 41.0 Å². The topological polar surface area (TPSA) is 155 Å². The third-order valence-corrected chi connectivity index (χ3v) is 8.95. The Labute approximate surface area is 231 Å². The second-order valence-electron chi connectivity index (χ2n) is 12.0. The number of cyclic esters (lactones) is 1. The van der Waals surface area contributed by atoms with Gasteiger partial charge in [0.1, 0.15) is 30.0 Å². The normalized spacial score (nSPS) is 49.2. The molecule has 3 aliphatic heterocycles. The smallest absolute Gasteiger partial charge is 0.308 e. The molecule has 0 aromatic heterocycles. The number of aliphatic hydroxyl groups is 4. The lowest BCUT2D eigenvalue weighted by atomic mass is 9.79. The van der Waals surface area contributed by atoms with Gasteiger partial charge < -0.3 is 39.4 Å². The minimum atomic E-state index is -1.52. The molecule has 10 heteroatoms. The van der Waals surface area contributed by atoms with Gasteiger partial charge in [-0.2, -0.15) is 0 Å². The van der Waals surface area contributed by atoms with E-state index < -0.39 is 66.5 Å². The van der Waals surface area contributed by atoms with Crippen molar-refractivity contribution in [2.75, 3.05) is 0 Å². The molecular weight excluding hydrogens is 508 g/mol. The predicted octanol–water partition coefficient (Wildman–Crippen LogP) is 1.89. The maximum absolute atomic E-state index is 13.1. The summed E-state index contributed by atoms with van der Waals surface area (Å²) in [5, 5.41) is 42.2. The highest BCUT2D eigenvalue weighted by molar-refractivity contribution is 5.91. The van der Waals surface area contributed by atoms with Gasteiger partial charge in [-0.25, -0.2) is 0 Å². The summed E-state index contributed by atoms with van der Waals surface area (Å²) in [6, 6.07) is 0. The van der Waals surface area contributed by atoms with E-state index in [2.05, 4.69) is 0 Å². The van der Waals surface area contributed by atoms with Crippen LogP contribution in [0.15, 0.2) is 12.2 Å². The first-order valence-electron chi connectivity index (χ1n) is 14.4. The number of epoxide rings is 1. The van der Waals surface area contributed by atoms with E-state index >= 15 is 0 Å². The Morgan fingerprint density at radius 2 is 1.64 bits per heavy atom. The van der Waals surface area contributed by atoms with Crippen molar-refractivity contribution in [3.05, 3.63) is 12.2 Å². The van der Waals surface area contributed by atoms with Crippen LogP contribution in [0.1, 0.15) is 74.1 Å². The lowest BCUT2D eigenvalue weighted by Gasteiger charge is -2.43. The van der Waals surface area contributed by atoms with Crippen LogP contribution in [-0.2, 0) is 28.5 Å². The van der Waals surface area contributed by atoms with Gasteiger partial charge in [-0.15, -0.1) is 0 Å². The zero-order valence-electron chi connectivity index (χ0n) is 24.2. The minimum absolute atomic E-state index is 0.0600.